The van der Waals surface area contributed by atoms with Crippen molar-refractivity contribution in [1.82, 2.24) is 0 Å². The molecule has 0 unspecified atom stereocenters. The van der Waals surface area contributed by atoms with Crippen LogP contribution in [-0.4, -0.2) is 23.0 Å². The van der Waals surface area contributed by atoms with Crippen LogP contribution in [0.1, 0.15) is 120 Å². The van der Waals surface area contributed by atoms with Crippen LogP contribution < -0.4 is 10.6 Å². The molecule has 0 aliphatic rings. The number of anilines is 2. The summed E-state index contributed by atoms with van der Waals surface area (Å²) in [6, 6.07) is 13.1. The SMILES string of the molecule is CCCCCCCCCCCCCCCCCC(=O)Nc1ccc(C(=O)[C@H](Cl)C(=O)Nc2ccccc2Cl)cc1. The highest BCUT2D eigenvalue weighted by atomic mass is 35.5. The molecule has 2 amide bonds. The largest absolute Gasteiger partial charge is 0.326 e. The van der Waals surface area contributed by atoms with Gasteiger partial charge in [0.1, 0.15) is 0 Å². The van der Waals surface area contributed by atoms with Gasteiger partial charge in [-0.25, -0.2) is 0 Å². The molecule has 220 valence electrons. The number of halogens is 2. The Morgan fingerprint density at radius 3 is 1.70 bits per heavy atom. The van der Waals surface area contributed by atoms with Gasteiger partial charge >= 0.3 is 0 Å². The summed E-state index contributed by atoms with van der Waals surface area (Å²) in [4.78, 5) is 37.3. The van der Waals surface area contributed by atoms with Crippen LogP contribution in [0, 0.1) is 0 Å². The zero-order valence-electron chi connectivity index (χ0n) is 24.0. The van der Waals surface area contributed by atoms with E-state index < -0.39 is 17.1 Å². The molecule has 0 aromatic heterocycles. The van der Waals surface area contributed by atoms with E-state index in [1.54, 1.807) is 48.5 Å². The maximum atomic E-state index is 12.6. The lowest BCUT2D eigenvalue weighted by molar-refractivity contribution is -0.116. The number of carbonyl (C=O) groups excluding carboxylic acids is 3. The number of hydrogen-bond acceptors (Lipinski definition) is 3. The second-order valence-corrected chi connectivity index (χ2v) is 11.4. The molecular formula is C33H46Cl2N2O3. The predicted molar refractivity (Wildman–Crippen MR) is 169 cm³/mol. The third kappa shape index (κ3) is 13.8. The summed E-state index contributed by atoms with van der Waals surface area (Å²) in [7, 11) is 0. The molecule has 0 saturated carbocycles. The number of benzene rings is 2. The van der Waals surface area contributed by atoms with Gasteiger partial charge in [0.05, 0.1) is 10.7 Å². The van der Waals surface area contributed by atoms with Crippen LogP contribution in [0.2, 0.25) is 5.02 Å². The molecule has 40 heavy (non-hydrogen) atoms. The number of amides is 2. The Hall–Kier alpha value is -2.37. The lowest BCUT2D eigenvalue weighted by atomic mass is 10.0. The molecule has 0 spiro atoms. The molecule has 2 rings (SSSR count). The van der Waals surface area contributed by atoms with E-state index in [2.05, 4.69) is 17.6 Å². The van der Waals surface area contributed by atoms with Crippen LogP contribution in [0.25, 0.3) is 0 Å². The molecular weight excluding hydrogens is 543 g/mol. The first-order valence-electron chi connectivity index (χ1n) is 15.1. The van der Waals surface area contributed by atoms with Crippen LogP contribution in [0.3, 0.4) is 0 Å². The molecule has 5 nitrogen and oxygen atoms in total. The smallest absolute Gasteiger partial charge is 0.250 e. The van der Waals surface area contributed by atoms with Crippen molar-refractivity contribution in [2.24, 2.45) is 0 Å². The standard InChI is InChI=1S/C33H46Cl2N2O3/c1-2-3-4-5-6-7-8-9-10-11-12-13-14-15-16-21-30(38)36-27-24-22-26(23-25-27)32(39)31(35)33(40)37-29-20-18-17-19-28(29)34/h17-20,22-25,31H,2-16,21H2,1H3,(H,36,38)(H,37,40)/t31-/m0/s1. The Morgan fingerprint density at radius 1 is 0.675 bits per heavy atom. The number of alkyl halides is 1. The molecule has 7 heteroatoms. The fourth-order valence-corrected chi connectivity index (χ4v) is 4.99. The van der Waals surface area contributed by atoms with Crippen molar-refractivity contribution >= 4 is 52.2 Å². The average molecular weight is 590 g/mol. The number of para-hydroxylation sites is 1. The maximum absolute atomic E-state index is 12.6. The summed E-state index contributed by atoms with van der Waals surface area (Å²) in [6.45, 7) is 2.26. The maximum Gasteiger partial charge on any atom is 0.250 e. The molecule has 0 fully saturated rings. The number of carbonyl (C=O) groups is 3. The first-order chi connectivity index (χ1) is 19.4. The number of hydrogen-bond donors (Lipinski definition) is 2. The Kier molecular flexibility index (Phi) is 17.3. The summed E-state index contributed by atoms with van der Waals surface area (Å²) in [5.74, 6) is -1.22. The van der Waals surface area contributed by atoms with E-state index in [0.29, 0.717) is 22.8 Å². The molecule has 0 heterocycles. The molecule has 0 saturated heterocycles. The van der Waals surface area contributed by atoms with Gasteiger partial charge in [-0.15, -0.1) is 11.6 Å². The summed E-state index contributed by atoms with van der Waals surface area (Å²) in [5, 5.41) is 4.40. The zero-order valence-corrected chi connectivity index (χ0v) is 25.5. The Balaban J connectivity index is 1.54. The zero-order chi connectivity index (χ0) is 29.0. The summed E-state index contributed by atoms with van der Waals surface area (Å²) < 4.78 is 0. The molecule has 0 aliphatic carbocycles. The van der Waals surface area contributed by atoms with Gasteiger partial charge in [-0.3, -0.25) is 14.4 Å². The van der Waals surface area contributed by atoms with E-state index in [1.807, 2.05) is 0 Å². The molecule has 0 radical (unpaired) electrons. The first-order valence-corrected chi connectivity index (χ1v) is 15.9. The van der Waals surface area contributed by atoms with Crippen LogP contribution in [0.5, 0.6) is 0 Å². The van der Waals surface area contributed by atoms with Gasteiger partial charge in [-0.05, 0) is 42.8 Å². The van der Waals surface area contributed by atoms with E-state index in [1.165, 1.54) is 83.5 Å². The number of ketones is 1. The van der Waals surface area contributed by atoms with Gasteiger partial charge in [-0.2, -0.15) is 0 Å². The normalized spacial score (nSPS) is 11.7. The van der Waals surface area contributed by atoms with Crippen molar-refractivity contribution in [3.05, 3.63) is 59.1 Å². The predicted octanol–water partition coefficient (Wildman–Crippen LogP) is 9.97. The van der Waals surface area contributed by atoms with Crippen molar-refractivity contribution in [2.75, 3.05) is 10.6 Å². The van der Waals surface area contributed by atoms with E-state index in [-0.39, 0.29) is 11.5 Å². The van der Waals surface area contributed by atoms with Crippen molar-refractivity contribution in [3.63, 3.8) is 0 Å². The van der Waals surface area contributed by atoms with E-state index in [9.17, 15) is 14.4 Å². The van der Waals surface area contributed by atoms with Gasteiger partial charge < -0.3 is 10.6 Å². The van der Waals surface area contributed by atoms with E-state index in [0.717, 1.165) is 12.8 Å². The molecule has 0 bridgehead atoms. The fourth-order valence-electron chi connectivity index (χ4n) is 4.62. The van der Waals surface area contributed by atoms with Gasteiger partial charge in [-0.1, -0.05) is 121 Å². The highest BCUT2D eigenvalue weighted by molar-refractivity contribution is 6.45. The molecule has 2 aromatic carbocycles. The third-order valence-electron chi connectivity index (χ3n) is 7.05. The van der Waals surface area contributed by atoms with Crippen molar-refractivity contribution in [2.45, 2.75) is 115 Å². The topological polar surface area (TPSA) is 75.3 Å². The number of rotatable bonds is 21. The minimum absolute atomic E-state index is 0.0388. The van der Waals surface area contributed by atoms with Crippen molar-refractivity contribution in [3.8, 4) is 0 Å². The van der Waals surface area contributed by atoms with Crippen LogP contribution in [0.4, 0.5) is 11.4 Å². The molecule has 2 aromatic rings. The van der Waals surface area contributed by atoms with Crippen LogP contribution in [0.15, 0.2) is 48.5 Å². The molecule has 1 atom stereocenters. The lowest BCUT2D eigenvalue weighted by Gasteiger charge is -2.11. The number of nitrogens with one attached hydrogen (secondary N) is 2. The van der Waals surface area contributed by atoms with Gasteiger partial charge in [0.2, 0.25) is 11.8 Å². The Bertz CT molecular complexity index is 1030. The molecule has 2 N–H and O–H groups in total. The van der Waals surface area contributed by atoms with Gasteiger partial charge in [0.15, 0.2) is 11.2 Å². The second-order valence-electron chi connectivity index (χ2n) is 10.5. The van der Waals surface area contributed by atoms with E-state index >= 15 is 0 Å². The lowest BCUT2D eigenvalue weighted by Crippen LogP contribution is -2.30. The van der Waals surface area contributed by atoms with Crippen LogP contribution >= 0.6 is 23.2 Å². The van der Waals surface area contributed by atoms with Gasteiger partial charge in [0.25, 0.3) is 0 Å². The van der Waals surface area contributed by atoms with Gasteiger partial charge in [0, 0.05) is 17.7 Å². The Morgan fingerprint density at radius 2 is 1.18 bits per heavy atom. The van der Waals surface area contributed by atoms with E-state index in [4.69, 9.17) is 23.2 Å². The Labute approximate surface area is 250 Å². The van der Waals surface area contributed by atoms with Crippen molar-refractivity contribution in [1.29, 1.82) is 0 Å². The average Bonchev–Trinajstić information content (AvgIpc) is 2.96. The molecule has 0 aliphatic heterocycles. The van der Waals surface area contributed by atoms with Crippen LogP contribution in [-0.2, 0) is 9.59 Å². The number of Topliss-reactive ketones (excluding diaryl/α,β-unsaturated/α-hetero) is 1. The third-order valence-corrected chi connectivity index (χ3v) is 7.78. The van der Waals surface area contributed by atoms with Crippen molar-refractivity contribution < 1.29 is 14.4 Å². The highest BCUT2D eigenvalue weighted by Gasteiger charge is 2.25. The fraction of sp³-hybridized carbons (Fsp3) is 0.545. The second kappa shape index (κ2) is 20.5. The summed E-state index contributed by atoms with van der Waals surface area (Å²) in [6.07, 6.45) is 19.8. The minimum Gasteiger partial charge on any atom is -0.326 e. The summed E-state index contributed by atoms with van der Waals surface area (Å²) >= 11 is 12.2. The highest BCUT2D eigenvalue weighted by Crippen LogP contribution is 2.22. The first kappa shape index (κ1) is 33.8. The monoisotopic (exact) mass is 588 g/mol. The number of unbranched alkanes of at least 4 members (excludes halogenated alkanes) is 14. The minimum atomic E-state index is -1.40. The quantitative estimate of drug-likeness (QED) is 0.0659. The summed E-state index contributed by atoms with van der Waals surface area (Å²) in [5.41, 5.74) is 1.28.